The fourth-order valence-electron chi connectivity index (χ4n) is 3.54. The summed E-state index contributed by atoms with van der Waals surface area (Å²) in [6.07, 6.45) is 1.44. The summed E-state index contributed by atoms with van der Waals surface area (Å²) in [6.45, 7) is 0. The van der Waals surface area contributed by atoms with E-state index in [4.69, 9.17) is 9.52 Å². The number of aromatic amines is 1. The van der Waals surface area contributed by atoms with E-state index < -0.39 is 5.97 Å². The molecule has 2 aromatic heterocycles. The van der Waals surface area contributed by atoms with E-state index >= 15 is 0 Å². The van der Waals surface area contributed by atoms with Crippen LogP contribution >= 0.6 is 11.8 Å². The van der Waals surface area contributed by atoms with Gasteiger partial charge in [0.2, 0.25) is 0 Å². The number of aromatic nitrogens is 3. The minimum absolute atomic E-state index is 0.129. The van der Waals surface area contributed by atoms with Gasteiger partial charge in [-0.25, -0.2) is 0 Å². The number of nitrogens with one attached hydrogen (secondary N) is 2. The molecule has 9 heteroatoms. The number of aliphatic carboxylic acids is 1. The SMILES string of the molecule is O=C(O)CSc1nnc(-c2cc(NC(=O)c3ccco3)cc(-c3ccc4ccccc4c3)c2)[nH]1. The molecule has 168 valence electrons. The summed E-state index contributed by atoms with van der Waals surface area (Å²) in [7, 11) is 0. The lowest BCUT2D eigenvalue weighted by Crippen LogP contribution is -2.11. The highest BCUT2D eigenvalue weighted by molar-refractivity contribution is 7.99. The Bertz CT molecular complexity index is 1490. The molecule has 0 aliphatic rings. The first-order valence-corrected chi connectivity index (χ1v) is 11.3. The van der Waals surface area contributed by atoms with Gasteiger partial charge in [0, 0.05) is 11.3 Å². The van der Waals surface area contributed by atoms with Crippen LogP contribution in [0.15, 0.2) is 88.6 Å². The van der Waals surface area contributed by atoms with Gasteiger partial charge in [0.05, 0.1) is 12.0 Å². The van der Waals surface area contributed by atoms with Gasteiger partial charge in [-0.3, -0.25) is 9.59 Å². The van der Waals surface area contributed by atoms with E-state index in [0.29, 0.717) is 22.2 Å². The number of rotatable bonds is 7. The van der Waals surface area contributed by atoms with Crippen molar-refractivity contribution in [2.45, 2.75) is 5.16 Å². The highest BCUT2D eigenvalue weighted by atomic mass is 32.2. The summed E-state index contributed by atoms with van der Waals surface area (Å²) >= 11 is 1.05. The van der Waals surface area contributed by atoms with E-state index in [1.807, 2.05) is 42.5 Å². The molecule has 0 bridgehead atoms. The molecule has 2 heterocycles. The number of H-pyrrole nitrogens is 1. The number of carbonyl (C=O) groups is 2. The number of hydrogen-bond acceptors (Lipinski definition) is 6. The van der Waals surface area contributed by atoms with E-state index in [0.717, 1.165) is 33.7 Å². The third-order valence-electron chi connectivity index (χ3n) is 5.09. The first-order chi connectivity index (χ1) is 16.5. The van der Waals surface area contributed by atoms with Crippen LogP contribution in [-0.4, -0.2) is 37.9 Å². The molecular weight excluding hydrogens is 452 g/mol. The third-order valence-corrected chi connectivity index (χ3v) is 5.94. The summed E-state index contributed by atoms with van der Waals surface area (Å²) < 4.78 is 5.20. The summed E-state index contributed by atoms with van der Waals surface area (Å²) in [4.78, 5) is 26.5. The van der Waals surface area contributed by atoms with Crippen molar-refractivity contribution < 1.29 is 19.1 Å². The molecule has 3 aromatic carbocycles. The van der Waals surface area contributed by atoms with Gasteiger partial charge in [-0.1, -0.05) is 48.2 Å². The van der Waals surface area contributed by atoms with Crippen LogP contribution in [-0.2, 0) is 4.79 Å². The second-order valence-corrected chi connectivity index (χ2v) is 8.42. The van der Waals surface area contributed by atoms with Crippen LogP contribution in [0.5, 0.6) is 0 Å². The highest BCUT2D eigenvalue weighted by Gasteiger charge is 2.14. The normalized spacial score (nSPS) is 10.9. The van der Waals surface area contributed by atoms with Crippen LogP contribution in [0.1, 0.15) is 10.6 Å². The van der Waals surface area contributed by atoms with E-state index in [1.165, 1.54) is 6.26 Å². The lowest BCUT2D eigenvalue weighted by molar-refractivity contribution is -0.133. The molecule has 0 spiro atoms. The number of fused-ring (bicyclic) bond motifs is 1. The lowest BCUT2D eigenvalue weighted by atomic mass is 9.98. The Morgan fingerprint density at radius 1 is 0.912 bits per heavy atom. The topological polar surface area (TPSA) is 121 Å². The number of benzene rings is 3. The van der Waals surface area contributed by atoms with Crippen LogP contribution in [0.25, 0.3) is 33.3 Å². The maximum atomic E-state index is 12.6. The van der Waals surface area contributed by atoms with Crippen molar-refractivity contribution >= 4 is 40.1 Å². The highest BCUT2D eigenvalue weighted by Crippen LogP contribution is 2.32. The van der Waals surface area contributed by atoms with Crippen molar-refractivity contribution in [2.75, 3.05) is 11.1 Å². The van der Waals surface area contributed by atoms with Crippen molar-refractivity contribution in [3.05, 3.63) is 84.8 Å². The second-order valence-electron chi connectivity index (χ2n) is 7.45. The molecule has 0 aliphatic carbocycles. The van der Waals surface area contributed by atoms with Crippen molar-refractivity contribution in [1.82, 2.24) is 15.2 Å². The van der Waals surface area contributed by atoms with Crippen LogP contribution in [0, 0.1) is 0 Å². The van der Waals surface area contributed by atoms with Gasteiger partial charge in [-0.2, -0.15) is 0 Å². The average molecular weight is 471 g/mol. The van der Waals surface area contributed by atoms with Gasteiger partial charge in [0.1, 0.15) is 0 Å². The molecule has 0 atom stereocenters. The van der Waals surface area contributed by atoms with Crippen LogP contribution in [0.3, 0.4) is 0 Å². The number of anilines is 1. The van der Waals surface area contributed by atoms with Gasteiger partial charge < -0.3 is 19.8 Å². The molecule has 0 radical (unpaired) electrons. The minimum atomic E-state index is -0.941. The van der Waals surface area contributed by atoms with E-state index in [-0.39, 0.29) is 17.4 Å². The number of furan rings is 1. The first kappa shape index (κ1) is 21.5. The predicted octanol–water partition coefficient (Wildman–Crippen LogP) is 5.31. The van der Waals surface area contributed by atoms with Gasteiger partial charge in [0.15, 0.2) is 16.7 Å². The Hall–Kier alpha value is -4.37. The molecule has 0 saturated heterocycles. The minimum Gasteiger partial charge on any atom is -0.481 e. The standard InChI is InChI=1S/C25H18N4O4S/c30-22(31)14-34-25-27-23(28-29-25)19-11-18(17-8-7-15-4-1-2-5-16(15)10-17)12-20(13-19)26-24(32)21-6-3-9-33-21/h1-13H,14H2,(H,26,32)(H,30,31)(H,27,28,29). The zero-order valence-corrected chi connectivity index (χ0v) is 18.5. The zero-order valence-electron chi connectivity index (χ0n) is 17.7. The van der Waals surface area contributed by atoms with Crippen LogP contribution in [0.2, 0.25) is 0 Å². The molecule has 8 nitrogen and oxygen atoms in total. The summed E-state index contributed by atoms with van der Waals surface area (Å²) in [5, 5.41) is 22.6. The zero-order chi connectivity index (χ0) is 23.5. The van der Waals surface area contributed by atoms with Crippen LogP contribution in [0.4, 0.5) is 5.69 Å². The number of carbonyl (C=O) groups excluding carboxylic acids is 1. The van der Waals surface area contributed by atoms with E-state index in [1.54, 1.807) is 18.2 Å². The number of nitrogens with zero attached hydrogens (tertiary/aromatic N) is 2. The van der Waals surface area contributed by atoms with Gasteiger partial charge in [-0.15, -0.1) is 10.2 Å². The molecule has 1 amide bonds. The maximum absolute atomic E-state index is 12.6. The molecule has 0 fully saturated rings. The molecule has 34 heavy (non-hydrogen) atoms. The molecular formula is C25H18N4O4S. The number of amides is 1. The average Bonchev–Trinajstić information content (AvgIpc) is 3.55. The summed E-state index contributed by atoms with van der Waals surface area (Å²) in [5.74, 6) is -0.782. The van der Waals surface area contributed by atoms with Gasteiger partial charge >= 0.3 is 5.97 Å². The second kappa shape index (κ2) is 9.24. The van der Waals surface area contributed by atoms with E-state index in [9.17, 15) is 9.59 Å². The Kier molecular flexibility index (Phi) is 5.84. The van der Waals surface area contributed by atoms with E-state index in [2.05, 4.69) is 32.6 Å². The quantitative estimate of drug-likeness (QED) is 0.275. The number of carboxylic acid groups (broad SMARTS) is 1. The number of carboxylic acids is 1. The van der Waals surface area contributed by atoms with Gasteiger partial charge in [-0.05, 0) is 58.3 Å². The predicted molar refractivity (Wildman–Crippen MR) is 130 cm³/mol. The molecule has 0 saturated carbocycles. The van der Waals surface area contributed by atoms with Crippen molar-refractivity contribution in [3.63, 3.8) is 0 Å². The monoisotopic (exact) mass is 470 g/mol. The molecule has 0 aliphatic heterocycles. The smallest absolute Gasteiger partial charge is 0.313 e. The van der Waals surface area contributed by atoms with Crippen LogP contribution < -0.4 is 5.32 Å². The molecule has 0 unspecified atom stereocenters. The fraction of sp³-hybridized carbons (Fsp3) is 0.0400. The molecule has 5 rings (SSSR count). The van der Waals surface area contributed by atoms with Crippen molar-refractivity contribution in [1.29, 1.82) is 0 Å². The molecule has 5 aromatic rings. The Balaban J connectivity index is 1.54. The molecule has 3 N–H and O–H groups in total. The fourth-order valence-corrected chi connectivity index (χ4v) is 4.07. The Morgan fingerprint density at radius 2 is 1.74 bits per heavy atom. The van der Waals surface area contributed by atoms with Crippen molar-refractivity contribution in [2.24, 2.45) is 0 Å². The Labute approximate surface area is 198 Å². The summed E-state index contributed by atoms with van der Waals surface area (Å²) in [6, 6.07) is 23.1. The summed E-state index contributed by atoms with van der Waals surface area (Å²) in [5.41, 5.74) is 3.08. The largest absolute Gasteiger partial charge is 0.481 e. The lowest BCUT2D eigenvalue weighted by Gasteiger charge is -2.11. The number of thioether (sulfide) groups is 1. The van der Waals surface area contributed by atoms with Crippen molar-refractivity contribution in [3.8, 4) is 22.5 Å². The van der Waals surface area contributed by atoms with Gasteiger partial charge in [0.25, 0.3) is 5.91 Å². The first-order valence-electron chi connectivity index (χ1n) is 10.3. The maximum Gasteiger partial charge on any atom is 0.313 e. The third kappa shape index (κ3) is 4.69. The Morgan fingerprint density at radius 3 is 2.53 bits per heavy atom. The number of hydrogen-bond donors (Lipinski definition) is 3.